The molecule has 1 rings (SSSR count). The lowest BCUT2D eigenvalue weighted by Gasteiger charge is -2.21. The van der Waals surface area contributed by atoms with E-state index in [2.05, 4.69) is 24.1 Å². The predicted molar refractivity (Wildman–Crippen MR) is 68.9 cm³/mol. The minimum Gasteiger partial charge on any atom is -0.378 e. The van der Waals surface area contributed by atoms with E-state index in [0.717, 1.165) is 26.2 Å². The number of rotatable bonds is 9. The number of likely N-dealkylation sites (N-methyl/N-ethyl adjacent to an activating group) is 2. The first-order chi connectivity index (χ1) is 7.86. The van der Waals surface area contributed by atoms with E-state index in [4.69, 9.17) is 4.74 Å². The minimum absolute atomic E-state index is 0.562. The summed E-state index contributed by atoms with van der Waals surface area (Å²) in [4.78, 5) is 2.53. The van der Waals surface area contributed by atoms with Crippen molar-refractivity contribution in [2.24, 2.45) is 0 Å². The summed E-state index contributed by atoms with van der Waals surface area (Å²) < 4.78 is 5.64. The Bertz CT molecular complexity index is 158. The molecule has 0 aromatic rings. The largest absolute Gasteiger partial charge is 0.378 e. The monoisotopic (exact) mass is 228 g/mol. The highest BCUT2D eigenvalue weighted by Crippen LogP contribution is 2.16. The van der Waals surface area contributed by atoms with Gasteiger partial charge in [0.1, 0.15) is 0 Å². The topological polar surface area (TPSA) is 24.5 Å². The number of hydrogen-bond donors (Lipinski definition) is 1. The summed E-state index contributed by atoms with van der Waals surface area (Å²) in [6.07, 6.45) is 5.64. The van der Waals surface area contributed by atoms with Crippen LogP contribution in [0.4, 0.5) is 0 Å². The third-order valence-corrected chi connectivity index (χ3v) is 3.33. The van der Waals surface area contributed by atoms with Crippen LogP contribution in [0.15, 0.2) is 0 Å². The summed E-state index contributed by atoms with van der Waals surface area (Å²) in [6.45, 7) is 11.2. The van der Waals surface area contributed by atoms with Gasteiger partial charge in [-0.3, -0.25) is 0 Å². The highest BCUT2D eigenvalue weighted by Gasteiger charge is 2.15. The Balaban J connectivity index is 1.99. The van der Waals surface area contributed by atoms with Gasteiger partial charge in [-0.1, -0.05) is 13.8 Å². The second-order valence-electron chi connectivity index (χ2n) is 4.57. The van der Waals surface area contributed by atoms with Crippen LogP contribution in [0.1, 0.15) is 39.5 Å². The molecule has 1 fully saturated rings. The van der Waals surface area contributed by atoms with Crippen molar-refractivity contribution >= 4 is 0 Å². The Hall–Kier alpha value is -0.120. The summed E-state index contributed by atoms with van der Waals surface area (Å²) in [5.74, 6) is 0. The van der Waals surface area contributed by atoms with Crippen LogP contribution >= 0.6 is 0 Å². The average Bonchev–Trinajstić information content (AvgIpc) is 2.80. The molecule has 0 spiro atoms. The first-order valence-electron chi connectivity index (χ1n) is 6.91. The fourth-order valence-corrected chi connectivity index (χ4v) is 2.26. The highest BCUT2D eigenvalue weighted by atomic mass is 16.5. The predicted octanol–water partition coefficient (Wildman–Crippen LogP) is 1.88. The van der Waals surface area contributed by atoms with Crippen molar-refractivity contribution in [1.29, 1.82) is 0 Å². The van der Waals surface area contributed by atoms with Crippen LogP contribution in [0.3, 0.4) is 0 Å². The zero-order valence-corrected chi connectivity index (χ0v) is 11.0. The van der Waals surface area contributed by atoms with Gasteiger partial charge in [0, 0.05) is 19.7 Å². The lowest BCUT2D eigenvalue weighted by atomic mass is 10.1. The Kier molecular flexibility index (Phi) is 7.81. The van der Waals surface area contributed by atoms with Gasteiger partial charge in [0.2, 0.25) is 0 Å². The maximum atomic E-state index is 5.64. The number of ether oxygens (including phenoxy) is 1. The normalized spacial score (nSPS) is 20.8. The van der Waals surface area contributed by atoms with Crippen LogP contribution in [0.5, 0.6) is 0 Å². The molecule has 0 saturated carbocycles. The molecule has 1 unspecified atom stereocenters. The van der Waals surface area contributed by atoms with Gasteiger partial charge in [-0.15, -0.1) is 0 Å². The van der Waals surface area contributed by atoms with E-state index >= 15 is 0 Å². The summed E-state index contributed by atoms with van der Waals surface area (Å²) >= 11 is 0. The van der Waals surface area contributed by atoms with Gasteiger partial charge >= 0.3 is 0 Å². The van der Waals surface area contributed by atoms with Gasteiger partial charge in [0.15, 0.2) is 0 Å². The fraction of sp³-hybridized carbons (Fsp3) is 1.00. The Labute approximate surface area is 101 Å². The second-order valence-corrected chi connectivity index (χ2v) is 4.57. The third kappa shape index (κ3) is 5.83. The van der Waals surface area contributed by atoms with Gasteiger partial charge in [-0.2, -0.15) is 0 Å². The third-order valence-electron chi connectivity index (χ3n) is 3.33. The van der Waals surface area contributed by atoms with Gasteiger partial charge in [-0.25, -0.2) is 0 Å². The number of nitrogens with one attached hydrogen (secondary N) is 1. The smallest absolute Gasteiger partial charge is 0.0576 e. The van der Waals surface area contributed by atoms with Crippen molar-refractivity contribution in [1.82, 2.24) is 10.2 Å². The van der Waals surface area contributed by atoms with Crippen LogP contribution in [0.25, 0.3) is 0 Å². The van der Waals surface area contributed by atoms with Gasteiger partial charge in [0.05, 0.1) is 6.10 Å². The average molecular weight is 228 g/mol. The minimum atomic E-state index is 0.562. The molecule has 3 heteroatoms. The van der Waals surface area contributed by atoms with E-state index in [-0.39, 0.29) is 0 Å². The molecule has 1 heterocycles. The van der Waals surface area contributed by atoms with Crippen LogP contribution in [0, 0.1) is 0 Å². The zero-order chi connectivity index (χ0) is 11.6. The van der Waals surface area contributed by atoms with Crippen molar-refractivity contribution in [3.8, 4) is 0 Å². The molecule has 0 aromatic heterocycles. The molecule has 16 heavy (non-hydrogen) atoms. The molecular formula is C13H28N2O. The lowest BCUT2D eigenvalue weighted by Crippen LogP contribution is -2.33. The molecule has 0 aliphatic carbocycles. The van der Waals surface area contributed by atoms with Crippen molar-refractivity contribution < 1.29 is 4.74 Å². The molecule has 1 aliphatic heterocycles. The second kappa shape index (κ2) is 8.97. The van der Waals surface area contributed by atoms with E-state index in [0.29, 0.717) is 6.10 Å². The Morgan fingerprint density at radius 2 is 2.19 bits per heavy atom. The van der Waals surface area contributed by atoms with E-state index in [9.17, 15) is 0 Å². The quantitative estimate of drug-likeness (QED) is 0.610. The van der Waals surface area contributed by atoms with Crippen LogP contribution in [-0.4, -0.2) is 50.3 Å². The van der Waals surface area contributed by atoms with Crippen LogP contribution in [-0.2, 0) is 4.74 Å². The number of hydrogen-bond acceptors (Lipinski definition) is 3. The molecule has 0 aromatic carbocycles. The van der Waals surface area contributed by atoms with Crippen molar-refractivity contribution in [3.05, 3.63) is 0 Å². The van der Waals surface area contributed by atoms with Crippen LogP contribution < -0.4 is 5.32 Å². The molecule has 1 atom stereocenters. The molecule has 1 N–H and O–H groups in total. The van der Waals surface area contributed by atoms with Gasteiger partial charge in [0.25, 0.3) is 0 Å². The molecule has 3 nitrogen and oxygen atoms in total. The molecule has 0 bridgehead atoms. The van der Waals surface area contributed by atoms with E-state index < -0.39 is 0 Å². The summed E-state index contributed by atoms with van der Waals surface area (Å²) in [5, 5.41) is 3.38. The highest BCUT2D eigenvalue weighted by molar-refractivity contribution is 4.66. The maximum Gasteiger partial charge on any atom is 0.0576 e. The first-order valence-corrected chi connectivity index (χ1v) is 6.91. The standard InChI is InChI=1S/C13H28N2O/c1-3-14-9-11-15(4-2)10-5-7-13-8-6-12-16-13/h13-14H,3-12H2,1-2H3. The summed E-state index contributed by atoms with van der Waals surface area (Å²) in [6, 6.07) is 0. The Morgan fingerprint density at radius 1 is 1.31 bits per heavy atom. The van der Waals surface area contributed by atoms with Crippen molar-refractivity contribution in [2.75, 3.05) is 39.3 Å². The molecular weight excluding hydrogens is 200 g/mol. The fourth-order valence-electron chi connectivity index (χ4n) is 2.26. The molecule has 1 aliphatic rings. The van der Waals surface area contributed by atoms with Crippen molar-refractivity contribution in [2.45, 2.75) is 45.6 Å². The summed E-state index contributed by atoms with van der Waals surface area (Å²) in [7, 11) is 0. The molecule has 0 amide bonds. The summed E-state index contributed by atoms with van der Waals surface area (Å²) in [5.41, 5.74) is 0. The van der Waals surface area contributed by atoms with E-state index in [1.807, 2.05) is 0 Å². The maximum absolute atomic E-state index is 5.64. The molecule has 96 valence electrons. The lowest BCUT2D eigenvalue weighted by molar-refractivity contribution is 0.0989. The van der Waals surface area contributed by atoms with Gasteiger partial charge < -0.3 is 15.0 Å². The molecule has 1 saturated heterocycles. The molecule has 0 radical (unpaired) electrons. The first kappa shape index (κ1) is 13.9. The van der Waals surface area contributed by atoms with Gasteiger partial charge in [-0.05, 0) is 45.3 Å². The van der Waals surface area contributed by atoms with Crippen LogP contribution in [0.2, 0.25) is 0 Å². The zero-order valence-electron chi connectivity index (χ0n) is 11.0. The van der Waals surface area contributed by atoms with E-state index in [1.54, 1.807) is 0 Å². The van der Waals surface area contributed by atoms with E-state index in [1.165, 1.54) is 38.8 Å². The van der Waals surface area contributed by atoms with Crippen molar-refractivity contribution in [3.63, 3.8) is 0 Å². The SMILES string of the molecule is CCNCCN(CC)CCCC1CCCO1. The Morgan fingerprint density at radius 3 is 2.81 bits per heavy atom. The number of nitrogens with zero attached hydrogens (tertiary/aromatic N) is 1.